The topological polar surface area (TPSA) is 6.48 Å². The lowest BCUT2D eigenvalue weighted by Crippen LogP contribution is -2.23. The average Bonchev–Trinajstić information content (AvgIpc) is 3.55. The summed E-state index contributed by atoms with van der Waals surface area (Å²) in [6.07, 6.45) is 15.8. The number of hydrogen-bond donors (Lipinski definition) is 0. The minimum atomic E-state index is -0.0779. The van der Waals surface area contributed by atoms with Gasteiger partial charge in [-0.15, -0.1) is 0 Å². The van der Waals surface area contributed by atoms with Crippen LogP contribution in [0, 0.1) is 0 Å². The third-order valence-corrected chi connectivity index (χ3v) is 11.7. The molecule has 1 unspecified atom stereocenters. The number of benzene rings is 5. The lowest BCUT2D eigenvalue weighted by atomic mass is 9.78. The normalized spacial score (nSPS) is 20.4. The maximum Gasteiger partial charge on any atom is 0.0465 e. The van der Waals surface area contributed by atoms with Crippen LogP contribution in [0.4, 0.5) is 22.7 Å². The van der Waals surface area contributed by atoms with Crippen molar-refractivity contribution < 1.29 is 0 Å². The summed E-state index contributed by atoms with van der Waals surface area (Å²) in [5.41, 5.74) is 17.3. The van der Waals surface area contributed by atoms with Gasteiger partial charge in [0.15, 0.2) is 0 Å². The fraction of sp³-hybridized carbons (Fsp3) is 0.208. The van der Waals surface area contributed by atoms with E-state index in [4.69, 9.17) is 0 Å². The zero-order valence-corrected chi connectivity index (χ0v) is 29.5. The molecule has 2 nitrogen and oxygen atoms in total. The number of nitrogens with zero attached hydrogens (tertiary/aromatic N) is 2. The zero-order valence-electron chi connectivity index (χ0n) is 29.5. The highest BCUT2D eigenvalue weighted by atomic mass is 15.2. The Morgan fingerprint density at radius 3 is 2.20 bits per heavy atom. The molecular formula is C48H44N2. The quantitative estimate of drug-likeness (QED) is 0.191. The monoisotopic (exact) mass is 648 g/mol. The molecule has 0 saturated heterocycles. The molecule has 0 bridgehead atoms. The standard InChI is InChI=1S/C48H44N2/c1-47(2)42-21-13-11-19-38(42)40-26-23-36(31-44(40)47)50(37-24-27-41-39-20-12-14-22-43(39)48(3,4)45(41)32-37)35-25-28-46-33(30-35)16-8-5-6-15-29-49(46)34-17-9-7-10-18-34/h5-15,17-26,28,30-32,41H,16,27,29H2,1-4H3/b8-5-,15-6-. The van der Waals surface area contributed by atoms with Crippen molar-refractivity contribution in [3.05, 3.63) is 191 Å². The summed E-state index contributed by atoms with van der Waals surface area (Å²) in [6, 6.07) is 43.1. The van der Waals surface area contributed by atoms with Crippen LogP contribution in [0.15, 0.2) is 163 Å². The van der Waals surface area contributed by atoms with Crippen molar-refractivity contribution in [3.8, 4) is 11.1 Å². The lowest BCUT2D eigenvalue weighted by Gasteiger charge is -2.34. The SMILES string of the molecule is CC1(C)C2=CC(N(c3ccc4c(c3)C/C=C\C=C/CN4c3ccccc3)c3ccc4c(c3)C(C)(C)c3ccccc3-4)=CCC2c2ccccc21. The lowest BCUT2D eigenvalue weighted by molar-refractivity contribution is 0.609. The van der Waals surface area contributed by atoms with E-state index in [1.165, 1.54) is 73.0 Å². The summed E-state index contributed by atoms with van der Waals surface area (Å²) in [6.45, 7) is 10.4. The van der Waals surface area contributed by atoms with Gasteiger partial charge < -0.3 is 9.80 Å². The third kappa shape index (κ3) is 4.76. The summed E-state index contributed by atoms with van der Waals surface area (Å²) in [4.78, 5) is 4.97. The Labute approximate surface area is 297 Å². The van der Waals surface area contributed by atoms with Crippen molar-refractivity contribution >= 4 is 22.7 Å². The van der Waals surface area contributed by atoms with E-state index in [0.29, 0.717) is 5.92 Å². The molecule has 9 rings (SSSR count). The van der Waals surface area contributed by atoms with Gasteiger partial charge in [-0.1, -0.05) is 136 Å². The molecule has 0 spiro atoms. The molecule has 4 aliphatic rings. The van der Waals surface area contributed by atoms with E-state index >= 15 is 0 Å². The van der Waals surface area contributed by atoms with Crippen LogP contribution in [0.25, 0.3) is 11.1 Å². The number of allylic oxidation sites excluding steroid dienone is 6. The van der Waals surface area contributed by atoms with Gasteiger partial charge in [-0.25, -0.2) is 0 Å². The number of fused-ring (bicyclic) bond motifs is 7. The highest BCUT2D eigenvalue weighted by molar-refractivity contribution is 5.85. The molecule has 5 aromatic rings. The summed E-state index contributed by atoms with van der Waals surface area (Å²) in [5.74, 6) is 0.428. The molecule has 3 aliphatic carbocycles. The predicted molar refractivity (Wildman–Crippen MR) is 211 cm³/mol. The van der Waals surface area contributed by atoms with Crippen molar-refractivity contribution in [1.29, 1.82) is 0 Å². The molecular weight excluding hydrogens is 605 g/mol. The van der Waals surface area contributed by atoms with E-state index in [0.717, 1.165) is 19.4 Å². The van der Waals surface area contributed by atoms with E-state index in [-0.39, 0.29) is 10.8 Å². The Morgan fingerprint density at radius 1 is 0.640 bits per heavy atom. The van der Waals surface area contributed by atoms with Gasteiger partial charge in [0.25, 0.3) is 0 Å². The van der Waals surface area contributed by atoms with Crippen LogP contribution in [0.1, 0.15) is 67.9 Å². The Balaban J connectivity index is 1.21. The Hall–Kier alpha value is -5.34. The Bertz CT molecular complexity index is 2260. The number of anilines is 4. The van der Waals surface area contributed by atoms with Crippen LogP contribution in [0.2, 0.25) is 0 Å². The summed E-state index contributed by atoms with van der Waals surface area (Å²) in [5, 5.41) is 0. The summed E-state index contributed by atoms with van der Waals surface area (Å²) in [7, 11) is 0. The summed E-state index contributed by atoms with van der Waals surface area (Å²) >= 11 is 0. The first-order valence-corrected chi connectivity index (χ1v) is 18.2. The van der Waals surface area contributed by atoms with Gasteiger partial charge in [0, 0.05) is 51.7 Å². The van der Waals surface area contributed by atoms with Crippen molar-refractivity contribution in [2.75, 3.05) is 16.3 Å². The maximum atomic E-state index is 2.53. The molecule has 1 heterocycles. The first kappa shape index (κ1) is 30.7. The minimum absolute atomic E-state index is 0.0216. The molecule has 0 aromatic heterocycles. The largest absolute Gasteiger partial charge is 0.337 e. The van der Waals surface area contributed by atoms with Crippen molar-refractivity contribution in [1.82, 2.24) is 0 Å². The van der Waals surface area contributed by atoms with Crippen molar-refractivity contribution in [2.45, 2.75) is 57.3 Å². The van der Waals surface area contributed by atoms with E-state index in [2.05, 4.69) is 189 Å². The van der Waals surface area contributed by atoms with Crippen LogP contribution in [0.5, 0.6) is 0 Å². The fourth-order valence-electron chi connectivity index (χ4n) is 9.16. The molecule has 0 N–H and O–H groups in total. The maximum absolute atomic E-state index is 2.53. The van der Waals surface area contributed by atoms with Gasteiger partial charge in [0.2, 0.25) is 0 Å². The molecule has 0 radical (unpaired) electrons. The second-order valence-electron chi connectivity index (χ2n) is 15.3. The van der Waals surface area contributed by atoms with Crippen LogP contribution in [-0.2, 0) is 17.3 Å². The molecule has 1 aliphatic heterocycles. The van der Waals surface area contributed by atoms with Crippen LogP contribution in [0.3, 0.4) is 0 Å². The number of para-hydroxylation sites is 1. The molecule has 1 atom stereocenters. The van der Waals surface area contributed by atoms with Crippen LogP contribution in [-0.4, -0.2) is 6.54 Å². The number of hydrogen-bond acceptors (Lipinski definition) is 2. The second-order valence-corrected chi connectivity index (χ2v) is 15.3. The predicted octanol–water partition coefficient (Wildman–Crippen LogP) is 12.2. The van der Waals surface area contributed by atoms with Gasteiger partial charge in [-0.05, 0) is 100 Å². The van der Waals surface area contributed by atoms with Gasteiger partial charge >= 0.3 is 0 Å². The molecule has 2 heteroatoms. The average molecular weight is 649 g/mol. The first-order chi connectivity index (χ1) is 24.3. The smallest absolute Gasteiger partial charge is 0.0465 e. The van der Waals surface area contributed by atoms with E-state index in [9.17, 15) is 0 Å². The molecule has 0 saturated carbocycles. The van der Waals surface area contributed by atoms with E-state index < -0.39 is 0 Å². The van der Waals surface area contributed by atoms with Gasteiger partial charge in [-0.3, -0.25) is 0 Å². The zero-order chi connectivity index (χ0) is 34.0. The first-order valence-electron chi connectivity index (χ1n) is 18.2. The highest BCUT2D eigenvalue weighted by Crippen LogP contribution is 2.55. The number of rotatable bonds is 4. The molecule has 50 heavy (non-hydrogen) atoms. The minimum Gasteiger partial charge on any atom is -0.337 e. The van der Waals surface area contributed by atoms with Crippen LogP contribution < -0.4 is 9.80 Å². The second kappa shape index (κ2) is 11.6. The molecule has 0 amide bonds. The Morgan fingerprint density at radius 2 is 1.34 bits per heavy atom. The van der Waals surface area contributed by atoms with E-state index in [1.54, 1.807) is 0 Å². The van der Waals surface area contributed by atoms with Crippen LogP contribution >= 0.6 is 0 Å². The Kier molecular flexibility index (Phi) is 7.14. The van der Waals surface area contributed by atoms with Gasteiger partial charge in [0.1, 0.15) is 0 Å². The van der Waals surface area contributed by atoms with Gasteiger partial charge in [0.05, 0.1) is 0 Å². The molecule has 0 fully saturated rings. The molecule has 246 valence electrons. The van der Waals surface area contributed by atoms with Crippen molar-refractivity contribution in [2.24, 2.45) is 0 Å². The van der Waals surface area contributed by atoms with E-state index in [1.807, 2.05) is 0 Å². The fourth-order valence-corrected chi connectivity index (χ4v) is 9.16. The summed E-state index contributed by atoms with van der Waals surface area (Å²) < 4.78 is 0. The third-order valence-electron chi connectivity index (χ3n) is 11.7. The van der Waals surface area contributed by atoms with Gasteiger partial charge in [-0.2, -0.15) is 0 Å². The highest BCUT2D eigenvalue weighted by Gasteiger charge is 2.43. The van der Waals surface area contributed by atoms with Crippen molar-refractivity contribution in [3.63, 3.8) is 0 Å². The molecule has 5 aromatic carbocycles.